The molecule has 3 rings (SSSR count). The van der Waals surface area contributed by atoms with Crippen LogP contribution >= 0.6 is 11.3 Å². The predicted octanol–water partition coefficient (Wildman–Crippen LogP) is 5.87. The van der Waals surface area contributed by atoms with Gasteiger partial charge in [-0.15, -0.1) is 0 Å². The maximum Gasteiger partial charge on any atom is 0.416 e. The SMILES string of the molecule is CC(=O)c1nc(NC(=O)c2c(F)ccc(C)c2F)sc1-c1cccc(C(F)(F)F)c1. The number of alkyl halides is 3. The third kappa shape index (κ3) is 4.23. The van der Waals surface area contributed by atoms with Crippen LogP contribution in [0.5, 0.6) is 0 Å². The maximum absolute atomic E-state index is 14.2. The summed E-state index contributed by atoms with van der Waals surface area (Å²) >= 11 is 0.723. The second kappa shape index (κ2) is 7.94. The van der Waals surface area contributed by atoms with Gasteiger partial charge in [0.1, 0.15) is 22.9 Å². The van der Waals surface area contributed by atoms with E-state index in [9.17, 15) is 31.5 Å². The summed E-state index contributed by atoms with van der Waals surface area (Å²) in [6, 6.07) is 6.38. The fraction of sp³-hybridized carbons (Fsp3) is 0.150. The Bertz CT molecular complexity index is 1150. The smallest absolute Gasteiger partial charge is 0.298 e. The van der Waals surface area contributed by atoms with Gasteiger partial charge in [-0.3, -0.25) is 14.9 Å². The largest absolute Gasteiger partial charge is 0.416 e. The lowest BCUT2D eigenvalue weighted by atomic mass is 10.1. The Balaban J connectivity index is 2.01. The van der Waals surface area contributed by atoms with Crippen molar-refractivity contribution < 1.29 is 31.5 Å². The molecule has 1 N–H and O–H groups in total. The number of ketones is 1. The second-order valence-corrected chi connectivity index (χ2v) is 7.34. The molecule has 0 saturated carbocycles. The van der Waals surface area contributed by atoms with Crippen molar-refractivity contribution >= 4 is 28.2 Å². The summed E-state index contributed by atoms with van der Waals surface area (Å²) < 4.78 is 67.1. The van der Waals surface area contributed by atoms with E-state index in [1.165, 1.54) is 25.1 Å². The van der Waals surface area contributed by atoms with Gasteiger partial charge in [-0.05, 0) is 36.2 Å². The van der Waals surface area contributed by atoms with Crippen LogP contribution in [0.1, 0.15) is 38.9 Å². The van der Waals surface area contributed by atoms with Crippen LogP contribution in [-0.2, 0) is 6.18 Å². The Morgan fingerprint density at radius 1 is 1.10 bits per heavy atom. The van der Waals surface area contributed by atoms with E-state index in [1.54, 1.807) is 0 Å². The highest BCUT2D eigenvalue weighted by Crippen LogP contribution is 2.37. The standard InChI is InChI=1S/C20H13F5N2O2S/c1-9-6-7-13(21)14(15(9)22)18(29)27-19-26-16(10(2)28)17(30-19)11-4-3-5-12(8-11)20(23,24)25/h3-8H,1-2H3,(H,26,27,29). The van der Waals surface area contributed by atoms with Gasteiger partial charge in [-0.1, -0.05) is 29.5 Å². The van der Waals surface area contributed by atoms with Crippen LogP contribution in [0.3, 0.4) is 0 Å². The van der Waals surface area contributed by atoms with Crippen molar-refractivity contribution in [2.75, 3.05) is 5.32 Å². The minimum absolute atomic E-state index is 0.0507. The van der Waals surface area contributed by atoms with Crippen molar-refractivity contribution in [3.8, 4) is 10.4 Å². The van der Waals surface area contributed by atoms with E-state index in [0.29, 0.717) is 0 Å². The van der Waals surface area contributed by atoms with Crippen molar-refractivity contribution in [3.63, 3.8) is 0 Å². The topological polar surface area (TPSA) is 59.1 Å². The van der Waals surface area contributed by atoms with Gasteiger partial charge in [0.2, 0.25) is 0 Å². The van der Waals surface area contributed by atoms with Gasteiger partial charge >= 0.3 is 6.18 Å². The van der Waals surface area contributed by atoms with Gasteiger partial charge in [-0.25, -0.2) is 13.8 Å². The number of carbonyl (C=O) groups excluding carboxylic acids is 2. The number of benzene rings is 2. The van der Waals surface area contributed by atoms with Crippen molar-refractivity contribution in [3.05, 3.63) is 70.4 Å². The molecule has 0 aliphatic heterocycles. The monoisotopic (exact) mass is 440 g/mol. The number of amides is 1. The number of nitrogens with one attached hydrogen (secondary N) is 1. The predicted molar refractivity (Wildman–Crippen MR) is 102 cm³/mol. The number of Topliss-reactive ketones (excluding diaryl/α,β-unsaturated/α-hetero) is 1. The highest BCUT2D eigenvalue weighted by atomic mass is 32.1. The number of aryl methyl sites for hydroxylation is 1. The van der Waals surface area contributed by atoms with Gasteiger partial charge < -0.3 is 0 Å². The average Bonchev–Trinajstić information content (AvgIpc) is 3.08. The number of rotatable bonds is 4. The van der Waals surface area contributed by atoms with E-state index < -0.39 is 40.6 Å². The Kier molecular flexibility index (Phi) is 5.71. The molecule has 1 amide bonds. The van der Waals surface area contributed by atoms with Crippen LogP contribution in [0.15, 0.2) is 36.4 Å². The van der Waals surface area contributed by atoms with Crippen LogP contribution in [0.2, 0.25) is 0 Å². The Morgan fingerprint density at radius 2 is 1.80 bits per heavy atom. The lowest BCUT2D eigenvalue weighted by Crippen LogP contribution is -2.16. The summed E-state index contributed by atoms with van der Waals surface area (Å²) in [5.41, 5.74) is -1.79. The molecule has 0 aliphatic carbocycles. The molecule has 0 bridgehead atoms. The summed E-state index contributed by atoms with van der Waals surface area (Å²) in [6.07, 6.45) is -4.59. The molecule has 0 atom stereocenters. The first-order chi connectivity index (χ1) is 14.0. The average molecular weight is 440 g/mol. The first-order valence-electron chi connectivity index (χ1n) is 8.44. The molecule has 2 aromatic carbocycles. The number of hydrogen-bond acceptors (Lipinski definition) is 4. The first kappa shape index (κ1) is 21.6. The van der Waals surface area contributed by atoms with Gasteiger partial charge in [-0.2, -0.15) is 13.2 Å². The number of nitrogens with zero attached hydrogens (tertiary/aromatic N) is 1. The molecule has 30 heavy (non-hydrogen) atoms. The molecule has 156 valence electrons. The molecule has 1 aromatic heterocycles. The molecule has 0 saturated heterocycles. The van der Waals surface area contributed by atoms with E-state index in [4.69, 9.17) is 0 Å². The highest BCUT2D eigenvalue weighted by Gasteiger charge is 2.31. The lowest BCUT2D eigenvalue weighted by molar-refractivity contribution is -0.137. The number of halogens is 5. The van der Waals surface area contributed by atoms with Crippen LogP contribution in [0, 0.1) is 18.6 Å². The quantitative estimate of drug-likeness (QED) is 0.408. The fourth-order valence-electron chi connectivity index (χ4n) is 2.67. The zero-order chi connectivity index (χ0) is 22.2. The molecule has 0 aliphatic rings. The summed E-state index contributed by atoms with van der Waals surface area (Å²) in [6.45, 7) is 2.52. The van der Waals surface area contributed by atoms with E-state index in [0.717, 1.165) is 36.5 Å². The summed E-state index contributed by atoms with van der Waals surface area (Å²) in [7, 11) is 0. The zero-order valence-corrected chi connectivity index (χ0v) is 16.3. The van der Waals surface area contributed by atoms with Crippen molar-refractivity contribution in [2.45, 2.75) is 20.0 Å². The zero-order valence-electron chi connectivity index (χ0n) is 15.5. The van der Waals surface area contributed by atoms with Gasteiger partial charge in [0.25, 0.3) is 5.91 Å². The molecule has 0 fully saturated rings. The third-order valence-electron chi connectivity index (χ3n) is 4.14. The van der Waals surface area contributed by atoms with Crippen LogP contribution in [-0.4, -0.2) is 16.7 Å². The molecule has 3 aromatic rings. The third-order valence-corrected chi connectivity index (χ3v) is 5.16. The molecular weight excluding hydrogens is 427 g/mol. The van der Waals surface area contributed by atoms with E-state index >= 15 is 0 Å². The van der Waals surface area contributed by atoms with Crippen molar-refractivity contribution in [2.24, 2.45) is 0 Å². The Labute approximate surface area is 171 Å². The summed E-state index contributed by atoms with van der Waals surface area (Å²) in [5, 5.41) is 2.03. The number of thiazole rings is 1. The molecule has 0 unspecified atom stereocenters. The van der Waals surface area contributed by atoms with Gasteiger partial charge in [0.15, 0.2) is 10.9 Å². The molecule has 0 radical (unpaired) electrons. The van der Waals surface area contributed by atoms with E-state index in [-0.39, 0.29) is 26.8 Å². The molecule has 10 heteroatoms. The number of carbonyl (C=O) groups is 2. The minimum atomic E-state index is -4.59. The minimum Gasteiger partial charge on any atom is -0.298 e. The first-order valence-corrected chi connectivity index (χ1v) is 9.26. The Hall–Kier alpha value is -3.14. The molecule has 0 spiro atoms. The van der Waals surface area contributed by atoms with E-state index in [1.807, 2.05) is 0 Å². The lowest BCUT2D eigenvalue weighted by Gasteiger charge is -2.08. The molecule has 4 nitrogen and oxygen atoms in total. The second-order valence-electron chi connectivity index (χ2n) is 6.34. The van der Waals surface area contributed by atoms with Crippen LogP contribution in [0.4, 0.5) is 27.1 Å². The number of hydrogen-bond donors (Lipinski definition) is 1. The highest BCUT2D eigenvalue weighted by molar-refractivity contribution is 7.19. The fourth-order valence-corrected chi connectivity index (χ4v) is 3.67. The van der Waals surface area contributed by atoms with Crippen LogP contribution in [0.25, 0.3) is 10.4 Å². The Morgan fingerprint density at radius 3 is 2.43 bits per heavy atom. The maximum atomic E-state index is 14.2. The van der Waals surface area contributed by atoms with Crippen LogP contribution < -0.4 is 5.32 Å². The van der Waals surface area contributed by atoms with Gasteiger partial charge in [0, 0.05) is 6.92 Å². The number of anilines is 1. The van der Waals surface area contributed by atoms with Crippen molar-refractivity contribution in [1.29, 1.82) is 0 Å². The molecular formula is C20H13F5N2O2S. The molecule has 1 heterocycles. The van der Waals surface area contributed by atoms with Crippen molar-refractivity contribution in [1.82, 2.24) is 4.98 Å². The van der Waals surface area contributed by atoms with E-state index in [2.05, 4.69) is 10.3 Å². The number of aromatic nitrogens is 1. The van der Waals surface area contributed by atoms with Gasteiger partial charge in [0.05, 0.1) is 10.4 Å². The summed E-state index contributed by atoms with van der Waals surface area (Å²) in [4.78, 5) is 28.3. The summed E-state index contributed by atoms with van der Waals surface area (Å²) in [5.74, 6) is -3.81. The normalized spacial score (nSPS) is 11.4.